The van der Waals surface area contributed by atoms with Gasteiger partial charge in [0.05, 0.1) is 18.1 Å². The van der Waals surface area contributed by atoms with Crippen molar-refractivity contribution in [2.75, 3.05) is 6.61 Å². The first-order valence-electron chi connectivity index (χ1n) is 5.21. The highest BCUT2D eigenvalue weighted by atomic mass is 16.5. The first-order valence-corrected chi connectivity index (χ1v) is 5.21. The van der Waals surface area contributed by atoms with Crippen LogP contribution in [0.15, 0.2) is 6.33 Å². The summed E-state index contributed by atoms with van der Waals surface area (Å²) >= 11 is 0. The Morgan fingerprint density at radius 3 is 2.64 bits per heavy atom. The van der Waals surface area contributed by atoms with E-state index in [2.05, 4.69) is 30.3 Å². The molecule has 0 spiro atoms. The molecule has 0 saturated heterocycles. The maximum atomic E-state index is 5.48. The normalized spacial score (nSPS) is 11.2. The number of aromatic nitrogens is 2. The van der Waals surface area contributed by atoms with Gasteiger partial charge < -0.3 is 9.30 Å². The topological polar surface area (TPSA) is 27.1 Å². The third-order valence-corrected chi connectivity index (χ3v) is 2.34. The summed E-state index contributed by atoms with van der Waals surface area (Å²) in [5.74, 6) is 0. The van der Waals surface area contributed by atoms with Crippen molar-refractivity contribution in [2.24, 2.45) is 0 Å². The minimum Gasteiger partial charge on any atom is -0.379 e. The number of hydrogen-bond donors (Lipinski definition) is 0. The Labute approximate surface area is 86.1 Å². The van der Waals surface area contributed by atoms with Crippen LogP contribution in [0.4, 0.5) is 0 Å². The lowest BCUT2D eigenvalue weighted by Gasteiger charge is -2.08. The van der Waals surface area contributed by atoms with Crippen LogP contribution in [0, 0.1) is 13.8 Å². The molecule has 3 nitrogen and oxygen atoms in total. The fourth-order valence-electron chi connectivity index (χ4n) is 1.32. The lowest BCUT2D eigenvalue weighted by atomic mass is 10.3. The monoisotopic (exact) mass is 196 g/mol. The van der Waals surface area contributed by atoms with Gasteiger partial charge in [0.2, 0.25) is 0 Å². The molecule has 0 fully saturated rings. The van der Waals surface area contributed by atoms with Crippen molar-refractivity contribution < 1.29 is 4.74 Å². The van der Waals surface area contributed by atoms with Crippen LogP contribution < -0.4 is 0 Å². The molecule has 0 unspecified atom stereocenters. The van der Waals surface area contributed by atoms with E-state index in [1.165, 1.54) is 5.69 Å². The minimum atomic E-state index is 0.334. The molecule has 14 heavy (non-hydrogen) atoms. The molecule has 0 bridgehead atoms. The number of aryl methyl sites for hydroxylation is 2. The van der Waals surface area contributed by atoms with Gasteiger partial charge in [-0.2, -0.15) is 0 Å². The van der Waals surface area contributed by atoms with E-state index < -0.39 is 0 Å². The van der Waals surface area contributed by atoms with Gasteiger partial charge in [-0.25, -0.2) is 4.98 Å². The molecule has 1 aromatic heterocycles. The highest BCUT2D eigenvalue weighted by Crippen LogP contribution is 2.05. The van der Waals surface area contributed by atoms with Gasteiger partial charge in [0.25, 0.3) is 0 Å². The summed E-state index contributed by atoms with van der Waals surface area (Å²) in [6, 6.07) is 0. The summed E-state index contributed by atoms with van der Waals surface area (Å²) in [5, 5.41) is 0. The van der Waals surface area contributed by atoms with Crippen molar-refractivity contribution in [3.8, 4) is 0 Å². The Morgan fingerprint density at radius 1 is 1.43 bits per heavy atom. The molecule has 3 heteroatoms. The molecule has 0 saturated carbocycles. The second-order valence-electron chi connectivity index (χ2n) is 3.88. The van der Waals surface area contributed by atoms with Crippen molar-refractivity contribution in [3.05, 3.63) is 17.7 Å². The van der Waals surface area contributed by atoms with Gasteiger partial charge >= 0.3 is 0 Å². The van der Waals surface area contributed by atoms with Crippen molar-refractivity contribution in [2.45, 2.75) is 46.8 Å². The summed E-state index contributed by atoms with van der Waals surface area (Å²) in [6.07, 6.45) is 3.29. The van der Waals surface area contributed by atoms with Crippen LogP contribution in [0.5, 0.6) is 0 Å². The Kier molecular flexibility index (Phi) is 4.14. The molecule has 1 heterocycles. The standard InChI is InChI=1S/C11H20N2O/c1-9(2)14-7-5-6-13-8-12-10(3)11(13)4/h8-9H,5-7H2,1-4H3. The summed E-state index contributed by atoms with van der Waals surface area (Å²) in [5.41, 5.74) is 2.38. The average Bonchev–Trinajstić information content (AvgIpc) is 2.43. The summed E-state index contributed by atoms with van der Waals surface area (Å²) in [4.78, 5) is 4.25. The molecule has 0 aromatic carbocycles. The van der Waals surface area contributed by atoms with Gasteiger partial charge in [0.15, 0.2) is 0 Å². The number of hydrogen-bond acceptors (Lipinski definition) is 2. The second-order valence-corrected chi connectivity index (χ2v) is 3.88. The van der Waals surface area contributed by atoms with Gasteiger partial charge in [0.1, 0.15) is 0 Å². The van der Waals surface area contributed by atoms with E-state index in [-0.39, 0.29) is 0 Å². The Balaban J connectivity index is 2.28. The van der Waals surface area contributed by atoms with E-state index in [1.54, 1.807) is 0 Å². The molecule has 0 atom stereocenters. The molecule has 80 valence electrons. The van der Waals surface area contributed by atoms with Crippen LogP contribution in [0.25, 0.3) is 0 Å². The van der Waals surface area contributed by atoms with Gasteiger partial charge in [-0.3, -0.25) is 0 Å². The van der Waals surface area contributed by atoms with Crippen molar-refractivity contribution >= 4 is 0 Å². The Morgan fingerprint density at radius 2 is 2.14 bits per heavy atom. The fourth-order valence-corrected chi connectivity index (χ4v) is 1.32. The fraction of sp³-hybridized carbons (Fsp3) is 0.727. The molecule has 0 radical (unpaired) electrons. The van der Waals surface area contributed by atoms with E-state index in [4.69, 9.17) is 4.74 Å². The van der Waals surface area contributed by atoms with Crippen molar-refractivity contribution in [1.29, 1.82) is 0 Å². The highest BCUT2D eigenvalue weighted by Gasteiger charge is 2.01. The molecule has 1 aromatic rings. The first kappa shape index (κ1) is 11.2. The quantitative estimate of drug-likeness (QED) is 0.676. The summed E-state index contributed by atoms with van der Waals surface area (Å²) in [7, 11) is 0. The van der Waals surface area contributed by atoms with Crippen LogP contribution >= 0.6 is 0 Å². The van der Waals surface area contributed by atoms with E-state index >= 15 is 0 Å². The number of imidazole rings is 1. The smallest absolute Gasteiger partial charge is 0.0951 e. The molecule has 0 N–H and O–H groups in total. The Hall–Kier alpha value is -0.830. The van der Waals surface area contributed by atoms with Crippen LogP contribution in [0.1, 0.15) is 31.7 Å². The molecule has 0 aliphatic rings. The number of rotatable bonds is 5. The summed E-state index contributed by atoms with van der Waals surface area (Å²) < 4.78 is 7.66. The van der Waals surface area contributed by atoms with E-state index in [1.807, 2.05) is 13.3 Å². The molecular formula is C11H20N2O. The first-order chi connectivity index (χ1) is 6.61. The van der Waals surface area contributed by atoms with Gasteiger partial charge in [-0.05, 0) is 34.1 Å². The largest absolute Gasteiger partial charge is 0.379 e. The molecular weight excluding hydrogens is 176 g/mol. The van der Waals surface area contributed by atoms with Crippen LogP contribution in [-0.4, -0.2) is 22.3 Å². The lowest BCUT2D eigenvalue weighted by molar-refractivity contribution is 0.0748. The van der Waals surface area contributed by atoms with Gasteiger partial charge in [-0.1, -0.05) is 0 Å². The van der Waals surface area contributed by atoms with Crippen molar-refractivity contribution in [1.82, 2.24) is 9.55 Å². The minimum absolute atomic E-state index is 0.334. The molecule has 0 amide bonds. The zero-order valence-corrected chi connectivity index (χ0v) is 9.58. The van der Waals surface area contributed by atoms with Crippen LogP contribution in [0.2, 0.25) is 0 Å². The SMILES string of the molecule is Cc1ncn(CCCOC(C)C)c1C. The van der Waals surface area contributed by atoms with E-state index in [9.17, 15) is 0 Å². The number of ether oxygens (including phenoxy) is 1. The van der Waals surface area contributed by atoms with Gasteiger partial charge in [-0.15, -0.1) is 0 Å². The lowest BCUT2D eigenvalue weighted by Crippen LogP contribution is -2.07. The van der Waals surface area contributed by atoms with Crippen molar-refractivity contribution in [3.63, 3.8) is 0 Å². The molecule has 0 aliphatic carbocycles. The van der Waals surface area contributed by atoms with Crippen LogP contribution in [-0.2, 0) is 11.3 Å². The second kappa shape index (κ2) is 5.15. The zero-order valence-electron chi connectivity index (χ0n) is 9.58. The third-order valence-electron chi connectivity index (χ3n) is 2.34. The third kappa shape index (κ3) is 3.14. The predicted molar refractivity (Wildman–Crippen MR) is 57.4 cm³/mol. The number of nitrogens with zero attached hydrogens (tertiary/aromatic N) is 2. The molecule has 0 aliphatic heterocycles. The maximum Gasteiger partial charge on any atom is 0.0951 e. The molecule has 1 rings (SSSR count). The average molecular weight is 196 g/mol. The summed E-state index contributed by atoms with van der Waals surface area (Å²) in [6.45, 7) is 10.1. The van der Waals surface area contributed by atoms with E-state index in [0.717, 1.165) is 25.3 Å². The Bertz CT molecular complexity index is 279. The van der Waals surface area contributed by atoms with Gasteiger partial charge in [0, 0.05) is 18.8 Å². The zero-order chi connectivity index (χ0) is 10.6. The maximum absolute atomic E-state index is 5.48. The van der Waals surface area contributed by atoms with Crippen LogP contribution in [0.3, 0.4) is 0 Å². The predicted octanol–water partition coefficient (Wildman–Crippen LogP) is 2.32. The highest BCUT2D eigenvalue weighted by molar-refractivity contribution is 5.08. The van der Waals surface area contributed by atoms with E-state index in [0.29, 0.717) is 6.10 Å².